The highest BCUT2D eigenvalue weighted by Crippen LogP contribution is 2.11. The van der Waals surface area contributed by atoms with Crippen molar-refractivity contribution in [1.29, 1.82) is 0 Å². The van der Waals surface area contributed by atoms with Gasteiger partial charge in [-0.1, -0.05) is 19.1 Å². The zero-order valence-electron chi connectivity index (χ0n) is 14.5. The molecule has 0 aliphatic rings. The van der Waals surface area contributed by atoms with Gasteiger partial charge in [-0.05, 0) is 37.6 Å². The second kappa shape index (κ2) is 8.77. The zero-order valence-corrected chi connectivity index (χ0v) is 15.3. The SMILES string of the molecule is CC[C@@H](Cn1ccnc1)NC(=O)CCc1ccc(S(=O)(=O)NC)cc1. The summed E-state index contributed by atoms with van der Waals surface area (Å²) in [6.07, 6.45) is 7.07. The van der Waals surface area contributed by atoms with Crippen molar-refractivity contribution in [2.45, 2.75) is 43.7 Å². The fourth-order valence-corrected chi connectivity index (χ4v) is 3.17. The summed E-state index contributed by atoms with van der Waals surface area (Å²) in [4.78, 5) is 16.4. The standard InChI is InChI=1S/C17H24N4O3S/c1-3-15(12-21-11-10-19-13-21)20-17(22)9-6-14-4-7-16(8-5-14)25(23,24)18-2/h4-5,7-8,10-11,13,15,18H,3,6,9,12H2,1-2H3,(H,20,22)/t15-/m0/s1. The van der Waals surface area contributed by atoms with Crippen molar-refractivity contribution in [3.8, 4) is 0 Å². The number of nitrogens with zero attached hydrogens (tertiary/aromatic N) is 2. The Morgan fingerprint density at radius 3 is 2.56 bits per heavy atom. The lowest BCUT2D eigenvalue weighted by Crippen LogP contribution is -2.37. The number of amides is 1. The molecular weight excluding hydrogens is 340 g/mol. The van der Waals surface area contributed by atoms with Crippen LogP contribution >= 0.6 is 0 Å². The van der Waals surface area contributed by atoms with Crippen LogP contribution in [0.3, 0.4) is 0 Å². The molecule has 0 aliphatic carbocycles. The van der Waals surface area contributed by atoms with Crippen molar-refractivity contribution in [3.05, 3.63) is 48.5 Å². The second-order valence-corrected chi connectivity index (χ2v) is 7.67. The van der Waals surface area contributed by atoms with Gasteiger partial charge in [0.1, 0.15) is 0 Å². The average Bonchev–Trinajstić information content (AvgIpc) is 3.12. The third-order valence-corrected chi connectivity index (χ3v) is 5.42. The van der Waals surface area contributed by atoms with Gasteiger partial charge in [0.05, 0.1) is 11.2 Å². The number of aryl methyl sites for hydroxylation is 1. The Kier molecular flexibility index (Phi) is 6.72. The van der Waals surface area contributed by atoms with Crippen molar-refractivity contribution < 1.29 is 13.2 Å². The molecular formula is C17H24N4O3S. The molecule has 1 aromatic heterocycles. The molecule has 1 atom stereocenters. The lowest BCUT2D eigenvalue weighted by molar-refractivity contribution is -0.121. The lowest BCUT2D eigenvalue weighted by Gasteiger charge is -2.17. The first-order valence-electron chi connectivity index (χ1n) is 8.22. The van der Waals surface area contributed by atoms with Gasteiger partial charge in [-0.25, -0.2) is 18.1 Å². The van der Waals surface area contributed by atoms with Gasteiger partial charge in [-0.15, -0.1) is 0 Å². The van der Waals surface area contributed by atoms with E-state index in [2.05, 4.69) is 15.0 Å². The van der Waals surface area contributed by atoms with Gasteiger partial charge in [-0.3, -0.25) is 4.79 Å². The molecule has 8 heteroatoms. The van der Waals surface area contributed by atoms with Crippen LogP contribution in [0.5, 0.6) is 0 Å². The Morgan fingerprint density at radius 1 is 1.28 bits per heavy atom. The van der Waals surface area contributed by atoms with Crippen molar-refractivity contribution >= 4 is 15.9 Å². The number of carbonyl (C=O) groups excluding carboxylic acids is 1. The summed E-state index contributed by atoms with van der Waals surface area (Å²) < 4.78 is 27.6. The molecule has 0 bridgehead atoms. The third kappa shape index (κ3) is 5.68. The summed E-state index contributed by atoms with van der Waals surface area (Å²) in [5.74, 6) is -0.0149. The molecule has 1 amide bonds. The Hall–Kier alpha value is -2.19. The van der Waals surface area contributed by atoms with Crippen LogP contribution in [0.25, 0.3) is 0 Å². The molecule has 0 saturated carbocycles. The highest BCUT2D eigenvalue weighted by atomic mass is 32.2. The van der Waals surface area contributed by atoms with Crippen LogP contribution in [0.2, 0.25) is 0 Å². The van der Waals surface area contributed by atoms with Crippen LogP contribution in [-0.2, 0) is 27.8 Å². The summed E-state index contributed by atoms with van der Waals surface area (Å²) in [6.45, 7) is 2.72. The average molecular weight is 364 g/mol. The zero-order chi connectivity index (χ0) is 18.3. The molecule has 2 rings (SSSR count). The van der Waals surface area contributed by atoms with E-state index in [1.54, 1.807) is 36.8 Å². The van der Waals surface area contributed by atoms with Crippen LogP contribution in [0.15, 0.2) is 47.9 Å². The maximum absolute atomic E-state index is 12.1. The quantitative estimate of drug-likeness (QED) is 0.702. The van der Waals surface area contributed by atoms with Gasteiger partial charge in [0, 0.05) is 31.4 Å². The number of sulfonamides is 1. The number of carbonyl (C=O) groups is 1. The van der Waals surface area contributed by atoms with Crippen LogP contribution in [-0.4, -0.2) is 37.0 Å². The molecule has 0 aliphatic heterocycles. The Balaban J connectivity index is 1.84. The minimum absolute atomic E-state index is 0.0149. The fourth-order valence-electron chi connectivity index (χ4n) is 2.44. The molecule has 1 aromatic carbocycles. The lowest BCUT2D eigenvalue weighted by atomic mass is 10.1. The predicted molar refractivity (Wildman–Crippen MR) is 95.5 cm³/mol. The molecule has 0 radical (unpaired) electrons. The number of hydrogen-bond acceptors (Lipinski definition) is 4. The molecule has 1 heterocycles. The molecule has 0 fully saturated rings. The van der Waals surface area contributed by atoms with Gasteiger partial charge in [0.2, 0.25) is 15.9 Å². The summed E-state index contributed by atoms with van der Waals surface area (Å²) in [7, 11) is -2.05. The van der Waals surface area contributed by atoms with E-state index in [0.717, 1.165) is 12.0 Å². The van der Waals surface area contributed by atoms with E-state index in [1.165, 1.54) is 7.05 Å². The number of benzene rings is 1. The van der Waals surface area contributed by atoms with E-state index in [-0.39, 0.29) is 16.8 Å². The van der Waals surface area contributed by atoms with E-state index >= 15 is 0 Å². The minimum atomic E-state index is -3.43. The molecule has 7 nitrogen and oxygen atoms in total. The Morgan fingerprint density at radius 2 is 2.00 bits per heavy atom. The van der Waals surface area contributed by atoms with Gasteiger partial charge in [0.25, 0.3) is 0 Å². The third-order valence-electron chi connectivity index (χ3n) is 3.99. The smallest absolute Gasteiger partial charge is 0.240 e. The van der Waals surface area contributed by atoms with Crippen LogP contribution in [0, 0.1) is 0 Å². The molecule has 2 aromatic rings. The van der Waals surface area contributed by atoms with Crippen LogP contribution in [0.4, 0.5) is 0 Å². The maximum Gasteiger partial charge on any atom is 0.240 e. The highest BCUT2D eigenvalue weighted by molar-refractivity contribution is 7.89. The van der Waals surface area contributed by atoms with Crippen molar-refractivity contribution in [3.63, 3.8) is 0 Å². The van der Waals surface area contributed by atoms with E-state index in [1.807, 2.05) is 17.7 Å². The summed E-state index contributed by atoms with van der Waals surface area (Å²) >= 11 is 0. The number of hydrogen-bond donors (Lipinski definition) is 2. The second-order valence-electron chi connectivity index (χ2n) is 5.78. The summed E-state index contributed by atoms with van der Waals surface area (Å²) in [6, 6.07) is 6.63. The van der Waals surface area contributed by atoms with Crippen LogP contribution in [0.1, 0.15) is 25.3 Å². The van der Waals surface area contributed by atoms with Gasteiger partial charge >= 0.3 is 0 Å². The fraction of sp³-hybridized carbons (Fsp3) is 0.412. The molecule has 25 heavy (non-hydrogen) atoms. The van der Waals surface area contributed by atoms with Crippen molar-refractivity contribution in [1.82, 2.24) is 19.6 Å². The van der Waals surface area contributed by atoms with Crippen LogP contribution < -0.4 is 10.0 Å². The maximum atomic E-state index is 12.1. The Bertz CT molecular complexity index is 771. The minimum Gasteiger partial charge on any atom is -0.352 e. The van der Waals surface area contributed by atoms with Crippen molar-refractivity contribution in [2.75, 3.05) is 7.05 Å². The van der Waals surface area contributed by atoms with E-state index in [0.29, 0.717) is 19.4 Å². The number of imidazole rings is 1. The first-order valence-corrected chi connectivity index (χ1v) is 9.70. The molecule has 0 saturated heterocycles. The molecule has 136 valence electrons. The topological polar surface area (TPSA) is 93.1 Å². The normalized spacial score (nSPS) is 12.7. The molecule has 0 spiro atoms. The van der Waals surface area contributed by atoms with E-state index < -0.39 is 10.0 Å². The monoisotopic (exact) mass is 364 g/mol. The predicted octanol–water partition coefficient (Wildman–Crippen LogP) is 1.32. The van der Waals surface area contributed by atoms with Gasteiger partial charge in [0.15, 0.2) is 0 Å². The molecule has 0 unspecified atom stereocenters. The number of nitrogens with one attached hydrogen (secondary N) is 2. The van der Waals surface area contributed by atoms with Crippen molar-refractivity contribution in [2.24, 2.45) is 0 Å². The number of rotatable bonds is 9. The molecule has 2 N–H and O–H groups in total. The Labute approximate surface area is 148 Å². The van der Waals surface area contributed by atoms with E-state index in [9.17, 15) is 13.2 Å². The highest BCUT2D eigenvalue weighted by Gasteiger charge is 2.13. The van der Waals surface area contributed by atoms with Gasteiger partial charge < -0.3 is 9.88 Å². The van der Waals surface area contributed by atoms with Gasteiger partial charge in [-0.2, -0.15) is 0 Å². The number of aromatic nitrogens is 2. The first kappa shape index (κ1) is 19.1. The largest absolute Gasteiger partial charge is 0.352 e. The summed E-state index contributed by atoms with van der Waals surface area (Å²) in [5.41, 5.74) is 0.924. The summed E-state index contributed by atoms with van der Waals surface area (Å²) in [5, 5.41) is 3.03. The first-order chi connectivity index (χ1) is 11.9. The van der Waals surface area contributed by atoms with E-state index in [4.69, 9.17) is 0 Å².